The molecule has 6 nitrogen and oxygen atoms in total. The molecule has 0 radical (unpaired) electrons. The van der Waals surface area contributed by atoms with Crippen LogP contribution in [-0.2, 0) is 4.79 Å². The highest BCUT2D eigenvalue weighted by Crippen LogP contribution is 2.35. The number of benzene rings is 2. The van der Waals surface area contributed by atoms with Crippen LogP contribution in [-0.4, -0.2) is 34.2 Å². The van der Waals surface area contributed by atoms with Crippen LogP contribution in [0.2, 0.25) is 0 Å². The number of fused-ring (bicyclic) bond motifs is 2. The van der Waals surface area contributed by atoms with Crippen molar-refractivity contribution in [3.63, 3.8) is 0 Å². The number of aryl methyl sites for hydroxylation is 1. The van der Waals surface area contributed by atoms with Crippen LogP contribution < -0.4 is 5.32 Å². The first-order valence-corrected chi connectivity index (χ1v) is 11.5. The van der Waals surface area contributed by atoms with Crippen molar-refractivity contribution in [2.75, 3.05) is 11.9 Å². The molecule has 2 heterocycles. The summed E-state index contributed by atoms with van der Waals surface area (Å²) >= 11 is 1.47. The van der Waals surface area contributed by atoms with Gasteiger partial charge in [0.1, 0.15) is 0 Å². The second-order valence-electron chi connectivity index (χ2n) is 8.35. The number of para-hydroxylation sites is 1. The minimum atomic E-state index is -0.257. The first-order chi connectivity index (χ1) is 15.0. The van der Waals surface area contributed by atoms with Crippen molar-refractivity contribution in [3.05, 3.63) is 59.2 Å². The summed E-state index contributed by atoms with van der Waals surface area (Å²) < 4.78 is 1.04. The lowest BCUT2D eigenvalue weighted by Crippen LogP contribution is -2.41. The summed E-state index contributed by atoms with van der Waals surface area (Å²) in [5, 5.41) is 3.60. The van der Waals surface area contributed by atoms with Crippen LogP contribution in [0.15, 0.2) is 42.5 Å². The fourth-order valence-corrected chi connectivity index (χ4v) is 5.70. The van der Waals surface area contributed by atoms with Gasteiger partial charge in [-0.2, -0.15) is 0 Å². The number of imide groups is 1. The summed E-state index contributed by atoms with van der Waals surface area (Å²) in [5.74, 6) is -0.879. The van der Waals surface area contributed by atoms with Gasteiger partial charge < -0.3 is 5.32 Å². The lowest BCUT2D eigenvalue weighted by Gasteiger charge is -2.32. The average molecular weight is 434 g/mol. The zero-order chi connectivity index (χ0) is 21.5. The maximum absolute atomic E-state index is 13.2. The highest BCUT2D eigenvalue weighted by atomic mass is 32.1. The fraction of sp³-hybridized carbons (Fsp3) is 0.333. The minimum absolute atomic E-state index is 0.0490. The molecule has 2 unspecified atom stereocenters. The third kappa shape index (κ3) is 3.53. The van der Waals surface area contributed by atoms with E-state index < -0.39 is 0 Å². The first-order valence-electron chi connectivity index (χ1n) is 10.6. The maximum atomic E-state index is 13.2. The van der Waals surface area contributed by atoms with E-state index in [0.29, 0.717) is 16.3 Å². The van der Waals surface area contributed by atoms with E-state index in [9.17, 15) is 14.4 Å². The molecule has 0 spiro atoms. The summed E-state index contributed by atoms with van der Waals surface area (Å²) in [4.78, 5) is 44.6. The van der Waals surface area contributed by atoms with Crippen molar-refractivity contribution in [3.8, 4) is 0 Å². The smallest absolute Gasteiger partial charge is 0.261 e. The van der Waals surface area contributed by atoms with Crippen LogP contribution in [0.1, 0.15) is 52.0 Å². The van der Waals surface area contributed by atoms with Crippen molar-refractivity contribution in [2.24, 2.45) is 11.8 Å². The Morgan fingerprint density at radius 3 is 2.48 bits per heavy atom. The van der Waals surface area contributed by atoms with Gasteiger partial charge in [0.25, 0.3) is 11.8 Å². The van der Waals surface area contributed by atoms with Gasteiger partial charge in [0.15, 0.2) is 5.13 Å². The Balaban J connectivity index is 1.33. The molecule has 31 heavy (non-hydrogen) atoms. The molecule has 1 fully saturated rings. The van der Waals surface area contributed by atoms with Crippen molar-refractivity contribution in [2.45, 2.75) is 32.6 Å². The van der Waals surface area contributed by atoms with Gasteiger partial charge in [0.2, 0.25) is 5.91 Å². The van der Waals surface area contributed by atoms with E-state index >= 15 is 0 Å². The molecule has 2 aromatic carbocycles. The second-order valence-corrected chi connectivity index (χ2v) is 9.38. The summed E-state index contributed by atoms with van der Waals surface area (Å²) in [6, 6.07) is 12.9. The van der Waals surface area contributed by atoms with Crippen LogP contribution in [0, 0.1) is 18.8 Å². The Hall–Kier alpha value is -3.06. The lowest BCUT2D eigenvalue weighted by molar-refractivity contribution is -0.122. The molecule has 0 bridgehead atoms. The molecule has 3 amide bonds. The van der Waals surface area contributed by atoms with Crippen LogP contribution in [0.5, 0.6) is 0 Å². The number of carbonyl (C=O) groups excluding carboxylic acids is 3. The molecule has 7 heteroatoms. The van der Waals surface area contributed by atoms with E-state index in [1.54, 1.807) is 24.3 Å². The van der Waals surface area contributed by atoms with Gasteiger partial charge in [-0.3, -0.25) is 19.3 Å². The molecular weight excluding hydrogens is 410 g/mol. The molecule has 1 saturated carbocycles. The quantitative estimate of drug-likeness (QED) is 0.608. The number of nitrogens with one attached hydrogen (secondary N) is 1. The van der Waals surface area contributed by atoms with Gasteiger partial charge in [-0.15, -0.1) is 0 Å². The van der Waals surface area contributed by atoms with E-state index in [1.807, 2.05) is 25.1 Å². The largest absolute Gasteiger partial charge is 0.302 e. The molecule has 1 aliphatic carbocycles. The van der Waals surface area contributed by atoms with Crippen LogP contribution in [0.25, 0.3) is 10.2 Å². The van der Waals surface area contributed by atoms with E-state index in [2.05, 4.69) is 10.3 Å². The van der Waals surface area contributed by atoms with E-state index in [0.717, 1.165) is 41.5 Å². The Kier molecular flexibility index (Phi) is 5.06. The summed E-state index contributed by atoms with van der Waals surface area (Å²) in [5.41, 5.74) is 2.90. The molecule has 1 aromatic heterocycles. The molecule has 3 aromatic rings. The van der Waals surface area contributed by atoms with Crippen molar-refractivity contribution in [1.82, 2.24) is 9.88 Å². The van der Waals surface area contributed by atoms with Crippen LogP contribution in [0.3, 0.4) is 0 Å². The van der Waals surface area contributed by atoms with Gasteiger partial charge in [-0.05, 0) is 49.4 Å². The third-order valence-corrected chi connectivity index (χ3v) is 7.33. The predicted octanol–water partition coefficient (Wildman–Crippen LogP) is 4.65. The SMILES string of the molecule is Cc1cccc2sc(NC(=O)C3CCCCC3CN3C(=O)c4ccccc4C3=O)nc12. The fourth-order valence-electron chi connectivity index (χ4n) is 4.75. The number of anilines is 1. The maximum Gasteiger partial charge on any atom is 0.261 e. The summed E-state index contributed by atoms with van der Waals surface area (Å²) in [6.45, 7) is 2.29. The Morgan fingerprint density at radius 2 is 1.77 bits per heavy atom. The number of aromatic nitrogens is 1. The van der Waals surface area contributed by atoms with Crippen molar-refractivity contribution in [1.29, 1.82) is 0 Å². The molecule has 5 rings (SSSR count). The zero-order valence-corrected chi connectivity index (χ0v) is 18.1. The number of rotatable bonds is 4. The highest BCUT2D eigenvalue weighted by molar-refractivity contribution is 7.22. The molecule has 158 valence electrons. The van der Waals surface area contributed by atoms with Gasteiger partial charge >= 0.3 is 0 Å². The van der Waals surface area contributed by atoms with E-state index in [4.69, 9.17) is 0 Å². The van der Waals surface area contributed by atoms with Crippen LogP contribution >= 0.6 is 11.3 Å². The Bertz CT molecular complexity index is 1170. The average Bonchev–Trinajstić information content (AvgIpc) is 3.30. The van der Waals surface area contributed by atoms with Gasteiger partial charge in [-0.1, -0.05) is 48.4 Å². The Morgan fingerprint density at radius 1 is 1.06 bits per heavy atom. The minimum Gasteiger partial charge on any atom is -0.302 e. The normalized spacial score (nSPS) is 20.9. The summed E-state index contributed by atoms with van der Waals surface area (Å²) in [6.07, 6.45) is 3.54. The molecular formula is C24H23N3O3S. The molecule has 1 aliphatic heterocycles. The first kappa shape index (κ1) is 19.9. The number of amides is 3. The van der Waals surface area contributed by atoms with Crippen molar-refractivity contribution >= 4 is 44.4 Å². The number of nitrogens with zero attached hydrogens (tertiary/aromatic N) is 2. The molecule has 1 N–H and O–H groups in total. The number of hydrogen-bond donors (Lipinski definition) is 1. The van der Waals surface area contributed by atoms with Crippen LogP contribution in [0.4, 0.5) is 5.13 Å². The second kappa shape index (κ2) is 7.89. The molecule has 2 aliphatic rings. The van der Waals surface area contributed by atoms with E-state index in [1.165, 1.54) is 16.2 Å². The molecule has 2 atom stereocenters. The topological polar surface area (TPSA) is 79.4 Å². The number of thiazole rings is 1. The monoisotopic (exact) mass is 433 g/mol. The third-order valence-electron chi connectivity index (χ3n) is 6.39. The molecule has 0 saturated heterocycles. The number of carbonyl (C=O) groups is 3. The standard InChI is InChI=1S/C24H23N3O3S/c1-14-7-6-12-19-20(14)25-24(31-19)26-21(28)16-9-3-2-8-15(16)13-27-22(29)17-10-4-5-11-18(17)23(27)30/h4-7,10-12,15-16H,2-3,8-9,13H2,1H3,(H,25,26,28). The predicted molar refractivity (Wildman–Crippen MR) is 120 cm³/mol. The highest BCUT2D eigenvalue weighted by Gasteiger charge is 2.40. The lowest BCUT2D eigenvalue weighted by atomic mass is 9.78. The number of hydrogen-bond acceptors (Lipinski definition) is 5. The van der Waals surface area contributed by atoms with Gasteiger partial charge in [0.05, 0.1) is 21.3 Å². The summed E-state index contributed by atoms with van der Waals surface area (Å²) in [7, 11) is 0. The van der Waals surface area contributed by atoms with Gasteiger partial charge in [-0.25, -0.2) is 4.98 Å². The van der Waals surface area contributed by atoms with E-state index in [-0.39, 0.29) is 36.1 Å². The Labute approximate surface area is 184 Å². The van der Waals surface area contributed by atoms with Crippen molar-refractivity contribution < 1.29 is 14.4 Å². The van der Waals surface area contributed by atoms with Gasteiger partial charge in [0, 0.05) is 12.5 Å². The zero-order valence-electron chi connectivity index (χ0n) is 17.3.